The molecule has 3 aromatic rings. The van der Waals surface area contributed by atoms with Gasteiger partial charge >= 0.3 is 5.97 Å². The first-order valence-corrected chi connectivity index (χ1v) is 12.9. The standard InChI is InChI=1S/C30H38N2O3/c1-23-22-31-28-13-12-25(35-2)20-27(28)26(23)11-6-14-30(21-29(33)34)15-18-32(19-16-30)17-7-10-24-8-4-3-5-9-24/h3-5,8-9,12-13,20,22H,6-7,10-11,14-19,21H2,1-2H3,(H,33,34). The van der Waals surface area contributed by atoms with Crippen molar-refractivity contribution in [2.24, 2.45) is 5.41 Å². The van der Waals surface area contributed by atoms with Gasteiger partial charge in [-0.2, -0.15) is 0 Å². The van der Waals surface area contributed by atoms with Crippen molar-refractivity contribution in [3.05, 3.63) is 71.4 Å². The molecule has 0 aliphatic carbocycles. The lowest BCUT2D eigenvalue weighted by molar-refractivity contribution is -0.140. The van der Waals surface area contributed by atoms with Crippen LogP contribution in [0.2, 0.25) is 0 Å². The molecule has 5 nitrogen and oxygen atoms in total. The number of benzene rings is 2. The van der Waals surface area contributed by atoms with Gasteiger partial charge in [0.15, 0.2) is 0 Å². The van der Waals surface area contributed by atoms with E-state index >= 15 is 0 Å². The Kier molecular flexibility index (Phi) is 8.40. The fourth-order valence-electron chi connectivity index (χ4n) is 5.66. The van der Waals surface area contributed by atoms with Crippen molar-refractivity contribution >= 4 is 16.9 Å². The first kappa shape index (κ1) is 25.2. The topological polar surface area (TPSA) is 62.7 Å². The van der Waals surface area contributed by atoms with Crippen LogP contribution in [0.15, 0.2) is 54.7 Å². The molecule has 0 spiro atoms. The molecule has 0 unspecified atom stereocenters. The Labute approximate surface area is 209 Å². The molecule has 0 atom stereocenters. The maximum absolute atomic E-state index is 11.8. The lowest BCUT2D eigenvalue weighted by Gasteiger charge is -2.41. The third-order valence-corrected chi connectivity index (χ3v) is 7.76. The first-order chi connectivity index (χ1) is 17.0. The molecule has 0 radical (unpaired) electrons. The molecule has 35 heavy (non-hydrogen) atoms. The highest BCUT2D eigenvalue weighted by Crippen LogP contribution is 2.40. The number of methoxy groups -OCH3 is 1. The summed E-state index contributed by atoms with van der Waals surface area (Å²) in [4.78, 5) is 18.9. The van der Waals surface area contributed by atoms with E-state index < -0.39 is 5.97 Å². The van der Waals surface area contributed by atoms with E-state index in [9.17, 15) is 9.90 Å². The van der Waals surface area contributed by atoms with Gasteiger partial charge in [-0.3, -0.25) is 9.78 Å². The van der Waals surface area contributed by atoms with Crippen molar-refractivity contribution in [3.63, 3.8) is 0 Å². The zero-order valence-electron chi connectivity index (χ0n) is 21.1. The maximum Gasteiger partial charge on any atom is 0.303 e. The van der Waals surface area contributed by atoms with Crippen LogP contribution in [-0.2, 0) is 17.6 Å². The summed E-state index contributed by atoms with van der Waals surface area (Å²) in [6, 6.07) is 16.7. The summed E-state index contributed by atoms with van der Waals surface area (Å²) >= 11 is 0. The molecule has 4 rings (SSSR count). The number of likely N-dealkylation sites (tertiary alicyclic amines) is 1. The highest BCUT2D eigenvalue weighted by Gasteiger charge is 2.36. The fraction of sp³-hybridized carbons (Fsp3) is 0.467. The van der Waals surface area contributed by atoms with E-state index in [1.807, 2.05) is 18.3 Å². The van der Waals surface area contributed by atoms with Crippen LogP contribution in [-0.4, -0.2) is 47.7 Å². The predicted molar refractivity (Wildman–Crippen MR) is 141 cm³/mol. The van der Waals surface area contributed by atoms with Gasteiger partial charge in [0, 0.05) is 11.6 Å². The molecule has 1 aliphatic heterocycles. The van der Waals surface area contributed by atoms with Crippen LogP contribution in [0.25, 0.3) is 10.9 Å². The van der Waals surface area contributed by atoms with Gasteiger partial charge < -0.3 is 14.7 Å². The number of carbonyl (C=O) groups is 1. The number of nitrogens with zero attached hydrogens (tertiary/aromatic N) is 2. The van der Waals surface area contributed by atoms with Gasteiger partial charge in [-0.05, 0) is 112 Å². The van der Waals surface area contributed by atoms with Gasteiger partial charge in [0.05, 0.1) is 19.0 Å². The monoisotopic (exact) mass is 474 g/mol. The molecule has 1 N–H and O–H groups in total. The third kappa shape index (κ3) is 6.61. The van der Waals surface area contributed by atoms with Crippen LogP contribution in [0.4, 0.5) is 0 Å². The van der Waals surface area contributed by atoms with E-state index in [1.54, 1.807) is 7.11 Å². The Balaban J connectivity index is 1.35. The SMILES string of the molecule is COc1ccc2ncc(C)c(CCCC3(CC(=O)O)CCN(CCCc4ccccc4)CC3)c2c1. The third-order valence-electron chi connectivity index (χ3n) is 7.76. The number of carboxylic acids is 1. The van der Waals surface area contributed by atoms with Gasteiger partial charge in [-0.1, -0.05) is 30.3 Å². The number of hydrogen-bond acceptors (Lipinski definition) is 4. The molecule has 0 saturated carbocycles. The second-order valence-corrected chi connectivity index (χ2v) is 10.2. The number of aromatic nitrogens is 1. The Morgan fingerprint density at radius 1 is 1.09 bits per heavy atom. The van der Waals surface area contributed by atoms with Crippen LogP contribution in [0.3, 0.4) is 0 Å². The second-order valence-electron chi connectivity index (χ2n) is 10.2. The van der Waals surface area contributed by atoms with Gasteiger partial charge in [0.25, 0.3) is 0 Å². The Morgan fingerprint density at radius 3 is 2.57 bits per heavy atom. The molecule has 1 fully saturated rings. The molecule has 5 heteroatoms. The Hall–Kier alpha value is -2.92. The normalized spacial score (nSPS) is 15.8. The summed E-state index contributed by atoms with van der Waals surface area (Å²) < 4.78 is 5.44. The number of hydrogen-bond donors (Lipinski definition) is 1. The molecule has 1 aliphatic rings. The van der Waals surface area contributed by atoms with Crippen LogP contribution >= 0.6 is 0 Å². The summed E-state index contributed by atoms with van der Waals surface area (Å²) in [6.45, 7) is 5.19. The number of aryl methyl sites for hydroxylation is 3. The maximum atomic E-state index is 11.8. The van der Waals surface area contributed by atoms with E-state index in [4.69, 9.17) is 4.74 Å². The Bertz CT molecular complexity index is 1120. The number of carboxylic acid groups (broad SMARTS) is 1. The molecule has 0 bridgehead atoms. The van der Waals surface area contributed by atoms with Gasteiger partial charge in [-0.15, -0.1) is 0 Å². The molecule has 186 valence electrons. The lowest BCUT2D eigenvalue weighted by Crippen LogP contribution is -2.41. The average Bonchev–Trinajstić information content (AvgIpc) is 2.86. The van der Waals surface area contributed by atoms with Crippen molar-refractivity contribution in [1.29, 1.82) is 0 Å². The lowest BCUT2D eigenvalue weighted by atomic mass is 9.71. The molecule has 1 aromatic heterocycles. The van der Waals surface area contributed by atoms with Crippen LogP contribution in [0.5, 0.6) is 5.75 Å². The second kappa shape index (κ2) is 11.7. The highest BCUT2D eigenvalue weighted by molar-refractivity contribution is 5.84. The molecule has 2 heterocycles. The average molecular weight is 475 g/mol. The Morgan fingerprint density at radius 2 is 1.86 bits per heavy atom. The minimum absolute atomic E-state index is 0.101. The van der Waals surface area contributed by atoms with Crippen molar-refractivity contribution in [2.75, 3.05) is 26.7 Å². The van der Waals surface area contributed by atoms with Gasteiger partial charge in [0.1, 0.15) is 5.75 Å². The summed E-state index contributed by atoms with van der Waals surface area (Å²) in [6.07, 6.45) is 9.27. The minimum atomic E-state index is -0.669. The van der Waals surface area contributed by atoms with Crippen molar-refractivity contribution in [3.8, 4) is 5.75 Å². The zero-order chi connectivity index (χ0) is 24.7. The summed E-state index contributed by atoms with van der Waals surface area (Å²) in [5.74, 6) is 0.172. The van der Waals surface area contributed by atoms with Crippen molar-refractivity contribution in [2.45, 2.75) is 58.3 Å². The van der Waals surface area contributed by atoms with Gasteiger partial charge in [0.2, 0.25) is 0 Å². The number of aliphatic carboxylic acids is 1. The van der Waals surface area contributed by atoms with E-state index in [-0.39, 0.29) is 11.8 Å². The number of piperidine rings is 1. The van der Waals surface area contributed by atoms with E-state index in [1.165, 1.54) is 16.7 Å². The molecule has 1 saturated heterocycles. The quantitative estimate of drug-likeness (QED) is 0.366. The number of rotatable bonds is 11. The molecule has 0 amide bonds. The number of pyridine rings is 1. The largest absolute Gasteiger partial charge is 0.497 e. The van der Waals surface area contributed by atoms with E-state index in [0.29, 0.717) is 0 Å². The molecular weight excluding hydrogens is 436 g/mol. The molecular formula is C30H38N2O3. The summed E-state index contributed by atoms with van der Waals surface area (Å²) in [5.41, 5.74) is 4.76. The van der Waals surface area contributed by atoms with Gasteiger partial charge in [-0.25, -0.2) is 0 Å². The predicted octanol–water partition coefficient (Wildman–Crippen LogP) is 6.06. The number of ether oxygens (including phenoxy) is 1. The highest BCUT2D eigenvalue weighted by atomic mass is 16.5. The van der Waals surface area contributed by atoms with E-state index in [2.05, 4.69) is 53.2 Å². The van der Waals surface area contributed by atoms with Crippen molar-refractivity contribution in [1.82, 2.24) is 9.88 Å². The van der Waals surface area contributed by atoms with Crippen LogP contribution < -0.4 is 4.74 Å². The van der Waals surface area contributed by atoms with E-state index in [0.717, 1.165) is 81.2 Å². The summed E-state index contributed by atoms with van der Waals surface area (Å²) in [7, 11) is 1.69. The van der Waals surface area contributed by atoms with Crippen LogP contribution in [0, 0.1) is 12.3 Å². The van der Waals surface area contributed by atoms with Crippen molar-refractivity contribution < 1.29 is 14.6 Å². The zero-order valence-corrected chi connectivity index (χ0v) is 21.1. The van der Waals surface area contributed by atoms with Crippen LogP contribution in [0.1, 0.15) is 55.2 Å². The minimum Gasteiger partial charge on any atom is -0.497 e. The fourth-order valence-corrected chi connectivity index (χ4v) is 5.66. The summed E-state index contributed by atoms with van der Waals surface area (Å²) in [5, 5.41) is 10.8. The first-order valence-electron chi connectivity index (χ1n) is 12.9. The smallest absolute Gasteiger partial charge is 0.303 e. The number of fused-ring (bicyclic) bond motifs is 1. The molecule has 2 aromatic carbocycles.